The highest BCUT2D eigenvalue weighted by molar-refractivity contribution is 5.92. The number of hydrogen-bond donors (Lipinski definition) is 2. The molecule has 2 rings (SSSR count). The molecule has 5 nitrogen and oxygen atoms in total. The van der Waals surface area contributed by atoms with Crippen LogP contribution >= 0.6 is 0 Å². The average molecular weight is 284 g/mol. The number of carbonyl (C=O) groups is 1. The SMILES string of the molecule is Cc1cccc(CNC(=O)c2cc(NC(C)C)ncn2)c1. The highest BCUT2D eigenvalue weighted by atomic mass is 16.1. The monoisotopic (exact) mass is 284 g/mol. The van der Waals surface area contributed by atoms with Gasteiger partial charge in [0.25, 0.3) is 5.91 Å². The second-order valence-electron chi connectivity index (χ2n) is 5.26. The molecule has 2 N–H and O–H groups in total. The Hall–Kier alpha value is -2.43. The van der Waals surface area contributed by atoms with Crippen LogP contribution in [0.1, 0.15) is 35.5 Å². The second-order valence-corrected chi connectivity index (χ2v) is 5.26. The Morgan fingerprint density at radius 2 is 2.05 bits per heavy atom. The first-order valence-electron chi connectivity index (χ1n) is 6.97. The fourth-order valence-electron chi connectivity index (χ4n) is 1.95. The number of nitrogens with one attached hydrogen (secondary N) is 2. The predicted molar refractivity (Wildman–Crippen MR) is 83.1 cm³/mol. The van der Waals surface area contributed by atoms with E-state index in [0.29, 0.717) is 18.1 Å². The molecule has 1 aromatic heterocycles. The summed E-state index contributed by atoms with van der Waals surface area (Å²) in [6.45, 7) is 6.54. The Morgan fingerprint density at radius 3 is 2.76 bits per heavy atom. The molecule has 1 heterocycles. The van der Waals surface area contributed by atoms with Gasteiger partial charge in [0.05, 0.1) is 0 Å². The molecule has 0 saturated carbocycles. The number of benzene rings is 1. The molecule has 0 spiro atoms. The largest absolute Gasteiger partial charge is 0.368 e. The maximum Gasteiger partial charge on any atom is 0.270 e. The van der Waals surface area contributed by atoms with Gasteiger partial charge < -0.3 is 10.6 Å². The van der Waals surface area contributed by atoms with Crippen LogP contribution < -0.4 is 10.6 Å². The highest BCUT2D eigenvalue weighted by Gasteiger charge is 2.09. The predicted octanol–water partition coefficient (Wildman–Crippen LogP) is 2.54. The van der Waals surface area contributed by atoms with Gasteiger partial charge in [-0.25, -0.2) is 9.97 Å². The summed E-state index contributed by atoms with van der Waals surface area (Å²) in [5, 5.41) is 6.02. The van der Waals surface area contributed by atoms with E-state index in [1.165, 1.54) is 11.9 Å². The third kappa shape index (κ3) is 4.56. The lowest BCUT2D eigenvalue weighted by molar-refractivity contribution is 0.0945. The minimum absolute atomic E-state index is 0.203. The van der Waals surface area contributed by atoms with Gasteiger partial charge in [-0.15, -0.1) is 0 Å². The van der Waals surface area contributed by atoms with E-state index in [0.717, 1.165) is 5.56 Å². The van der Waals surface area contributed by atoms with Crippen molar-refractivity contribution in [3.63, 3.8) is 0 Å². The number of carbonyl (C=O) groups excluding carboxylic acids is 1. The second kappa shape index (κ2) is 6.83. The van der Waals surface area contributed by atoms with Crippen LogP contribution in [-0.2, 0) is 6.54 Å². The van der Waals surface area contributed by atoms with Gasteiger partial charge in [-0.3, -0.25) is 4.79 Å². The van der Waals surface area contributed by atoms with Gasteiger partial charge >= 0.3 is 0 Å². The van der Waals surface area contributed by atoms with Crippen molar-refractivity contribution in [3.8, 4) is 0 Å². The molecule has 0 aliphatic heterocycles. The van der Waals surface area contributed by atoms with Gasteiger partial charge in [0.1, 0.15) is 17.8 Å². The molecule has 2 aromatic rings. The summed E-state index contributed by atoms with van der Waals surface area (Å²) in [5.41, 5.74) is 2.60. The number of hydrogen-bond acceptors (Lipinski definition) is 4. The number of amides is 1. The van der Waals surface area contributed by atoms with E-state index in [1.807, 2.05) is 45.0 Å². The number of aromatic nitrogens is 2. The minimum atomic E-state index is -0.203. The third-order valence-electron chi connectivity index (χ3n) is 2.87. The van der Waals surface area contributed by atoms with Gasteiger partial charge in [-0.05, 0) is 26.3 Å². The summed E-state index contributed by atoms with van der Waals surface area (Å²) in [7, 11) is 0. The quantitative estimate of drug-likeness (QED) is 0.885. The van der Waals surface area contributed by atoms with Crippen LogP contribution in [0.3, 0.4) is 0 Å². The first kappa shape index (κ1) is 15.0. The Balaban J connectivity index is 2.00. The molecule has 1 aromatic carbocycles. The van der Waals surface area contributed by atoms with E-state index < -0.39 is 0 Å². The summed E-state index contributed by atoms with van der Waals surface area (Å²) in [4.78, 5) is 20.2. The summed E-state index contributed by atoms with van der Waals surface area (Å²) in [6, 6.07) is 9.95. The van der Waals surface area contributed by atoms with Crippen molar-refractivity contribution in [2.45, 2.75) is 33.4 Å². The first-order valence-corrected chi connectivity index (χ1v) is 6.97. The normalized spacial score (nSPS) is 10.5. The van der Waals surface area contributed by atoms with E-state index in [4.69, 9.17) is 0 Å². The number of aryl methyl sites for hydroxylation is 1. The van der Waals surface area contributed by atoms with Gasteiger partial charge in [0, 0.05) is 18.7 Å². The maximum absolute atomic E-state index is 12.1. The summed E-state index contributed by atoms with van der Waals surface area (Å²) < 4.78 is 0. The molecule has 0 aliphatic carbocycles. The molecule has 0 aliphatic rings. The Morgan fingerprint density at radius 1 is 1.24 bits per heavy atom. The molecular weight excluding hydrogens is 264 g/mol. The third-order valence-corrected chi connectivity index (χ3v) is 2.87. The van der Waals surface area contributed by atoms with Crippen LogP contribution in [0.4, 0.5) is 5.82 Å². The minimum Gasteiger partial charge on any atom is -0.368 e. The zero-order valence-corrected chi connectivity index (χ0v) is 12.6. The lowest BCUT2D eigenvalue weighted by Gasteiger charge is -2.10. The summed E-state index contributed by atoms with van der Waals surface area (Å²) in [6.07, 6.45) is 1.40. The van der Waals surface area contributed by atoms with E-state index in [1.54, 1.807) is 6.07 Å². The Labute approximate surface area is 124 Å². The molecule has 110 valence electrons. The van der Waals surface area contributed by atoms with Crippen molar-refractivity contribution in [2.75, 3.05) is 5.32 Å². The van der Waals surface area contributed by atoms with Gasteiger partial charge in [0.2, 0.25) is 0 Å². The molecule has 0 bridgehead atoms. The molecule has 1 amide bonds. The van der Waals surface area contributed by atoms with Crippen LogP contribution in [0.15, 0.2) is 36.7 Å². The molecule has 0 fully saturated rings. The van der Waals surface area contributed by atoms with Crippen LogP contribution in [0.5, 0.6) is 0 Å². The number of nitrogens with zero attached hydrogens (tertiary/aromatic N) is 2. The van der Waals surface area contributed by atoms with E-state index in [2.05, 4.69) is 20.6 Å². The highest BCUT2D eigenvalue weighted by Crippen LogP contribution is 2.07. The summed E-state index contributed by atoms with van der Waals surface area (Å²) in [5.74, 6) is 0.450. The van der Waals surface area contributed by atoms with Crippen LogP contribution in [0, 0.1) is 6.92 Å². The van der Waals surface area contributed by atoms with Gasteiger partial charge in [-0.2, -0.15) is 0 Å². The van der Waals surface area contributed by atoms with Gasteiger partial charge in [0.15, 0.2) is 0 Å². The first-order chi connectivity index (χ1) is 10.0. The van der Waals surface area contributed by atoms with Crippen LogP contribution in [0.25, 0.3) is 0 Å². The fraction of sp³-hybridized carbons (Fsp3) is 0.312. The molecule has 21 heavy (non-hydrogen) atoms. The number of rotatable bonds is 5. The fourth-order valence-corrected chi connectivity index (χ4v) is 1.95. The van der Waals surface area contributed by atoms with Crippen LogP contribution in [0.2, 0.25) is 0 Å². The van der Waals surface area contributed by atoms with E-state index in [9.17, 15) is 4.79 Å². The Kier molecular flexibility index (Phi) is 4.87. The van der Waals surface area contributed by atoms with Crippen molar-refractivity contribution in [1.29, 1.82) is 0 Å². The van der Waals surface area contributed by atoms with Crippen molar-refractivity contribution < 1.29 is 4.79 Å². The van der Waals surface area contributed by atoms with E-state index >= 15 is 0 Å². The zero-order valence-electron chi connectivity index (χ0n) is 12.6. The molecule has 0 unspecified atom stereocenters. The van der Waals surface area contributed by atoms with Crippen LogP contribution in [-0.4, -0.2) is 21.9 Å². The zero-order chi connectivity index (χ0) is 15.2. The lowest BCUT2D eigenvalue weighted by atomic mass is 10.1. The average Bonchev–Trinajstić information content (AvgIpc) is 2.44. The molecule has 0 saturated heterocycles. The molecule has 5 heteroatoms. The maximum atomic E-state index is 12.1. The van der Waals surface area contributed by atoms with Crippen molar-refractivity contribution in [1.82, 2.24) is 15.3 Å². The van der Waals surface area contributed by atoms with Crippen molar-refractivity contribution in [2.24, 2.45) is 0 Å². The van der Waals surface area contributed by atoms with Crippen molar-refractivity contribution >= 4 is 11.7 Å². The lowest BCUT2D eigenvalue weighted by Crippen LogP contribution is -2.24. The smallest absolute Gasteiger partial charge is 0.270 e. The Bertz CT molecular complexity index is 625. The standard InChI is InChI=1S/C16H20N4O/c1-11(2)20-15-8-14(18-10-19-15)16(21)17-9-13-6-4-5-12(3)7-13/h4-8,10-11H,9H2,1-3H3,(H,17,21)(H,18,19,20). The van der Waals surface area contributed by atoms with Gasteiger partial charge in [-0.1, -0.05) is 29.8 Å². The molecular formula is C16H20N4O. The number of anilines is 1. The topological polar surface area (TPSA) is 66.9 Å². The molecule has 0 atom stereocenters. The summed E-state index contributed by atoms with van der Waals surface area (Å²) >= 11 is 0. The van der Waals surface area contributed by atoms with E-state index in [-0.39, 0.29) is 11.9 Å². The molecule has 0 radical (unpaired) electrons. The van der Waals surface area contributed by atoms with Crippen molar-refractivity contribution in [3.05, 3.63) is 53.5 Å².